The monoisotopic (exact) mass is 324 g/mol. The van der Waals surface area contributed by atoms with Crippen LogP contribution in [0.4, 0.5) is 0 Å². The summed E-state index contributed by atoms with van der Waals surface area (Å²) in [5.41, 5.74) is 1.54. The second-order valence-electron chi connectivity index (χ2n) is 7.16. The van der Waals surface area contributed by atoms with E-state index in [9.17, 15) is 9.90 Å². The fourth-order valence-corrected chi connectivity index (χ4v) is 2.90. The Morgan fingerprint density at radius 2 is 1.82 bits per heavy atom. The molecule has 0 aliphatic rings. The highest BCUT2D eigenvalue weighted by Crippen LogP contribution is 2.30. The first-order chi connectivity index (χ1) is 10.1. The molecule has 0 aliphatic heterocycles. The van der Waals surface area contributed by atoms with E-state index in [1.54, 1.807) is 19.1 Å². The molecule has 5 heteroatoms. The first kappa shape index (κ1) is 18.9. The smallest absolute Gasteiger partial charge is 0.338 e. The van der Waals surface area contributed by atoms with E-state index in [0.29, 0.717) is 17.7 Å². The molecule has 0 atom stereocenters. The predicted octanol–water partition coefficient (Wildman–Crippen LogP) is 2.91. The zero-order valence-electron chi connectivity index (χ0n) is 14.5. The van der Waals surface area contributed by atoms with Crippen LogP contribution < -0.4 is 0 Å². The molecule has 1 N–H and O–H groups in total. The van der Waals surface area contributed by atoms with Crippen molar-refractivity contribution in [2.45, 2.75) is 58.8 Å². The van der Waals surface area contributed by atoms with Crippen molar-refractivity contribution in [3.8, 4) is 0 Å². The first-order valence-electron chi connectivity index (χ1n) is 7.65. The Hall–Kier alpha value is -1.17. The Bertz CT molecular complexity index is 518. The van der Waals surface area contributed by atoms with Gasteiger partial charge >= 0.3 is 5.97 Å². The normalized spacial score (nSPS) is 12.9. The molecule has 0 bridgehead atoms. The van der Waals surface area contributed by atoms with Gasteiger partial charge in [-0.1, -0.05) is 26.8 Å². The molecule has 0 amide bonds. The summed E-state index contributed by atoms with van der Waals surface area (Å²) < 4.78 is 11.2. The minimum absolute atomic E-state index is 0.118. The van der Waals surface area contributed by atoms with Gasteiger partial charge in [-0.3, -0.25) is 0 Å². The lowest BCUT2D eigenvalue weighted by Gasteiger charge is -2.31. The highest BCUT2D eigenvalue weighted by atomic mass is 28.2. The summed E-state index contributed by atoms with van der Waals surface area (Å²) in [6.45, 7) is 12.5. The zero-order valence-corrected chi connectivity index (χ0v) is 15.9. The lowest BCUT2D eigenvalue weighted by molar-refractivity contribution is 0.0525. The maximum atomic E-state index is 12.0. The average molecular weight is 324 g/mol. The second kappa shape index (κ2) is 7.40. The van der Waals surface area contributed by atoms with Crippen molar-refractivity contribution < 1.29 is 19.1 Å². The molecule has 0 unspecified atom stereocenters. The topological polar surface area (TPSA) is 55.8 Å². The van der Waals surface area contributed by atoms with E-state index in [1.165, 1.54) is 0 Å². The molecule has 0 spiro atoms. The van der Waals surface area contributed by atoms with Crippen molar-refractivity contribution >= 4 is 15.7 Å². The van der Waals surface area contributed by atoms with Gasteiger partial charge < -0.3 is 14.3 Å². The fourth-order valence-electron chi connectivity index (χ4n) is 1.94. The van der Waals surface area contributed by atoms with E-state index in [2.05, 4.69) is 20.8 Å². The van der Waals surface area contributed by atoms with Crippen LogP contribution in [0.15, 0.2) is 18.2 Å². The van der Waals surface area contributed by atoms with Gasteiger partial charge in [-0.05, 0) is 49.1 Å². The number of rotatable bonds is 6. The quantitative estimate of drug-likeness (QED) is 0.646. The highest BCUT2D eigenvalue weighted by molar-refractivity contribution is 6.31. The number of aliphatic hydroxyl groups is 1. The van der Waals surface area contributed by atoms with Crippen molar-refractivity contribution in [3.05, 3.63) is 34.9 Å². The third-order valence-electron chi connectivity index (χ3n) is 3.25. The van der Waals surface area contributed by atoms with E-state index in [0.717, 1.165) is 5.56 Å². The summed E-state index contributed by atoms with van der Waals surface area (Å²) >= 11 is 0. The summed E-state index contributed by atoms with van der Waals surface area (Å²) in [7, 11) is -0.737. The molecule has 0 aromatic heterocycles. The van der Waals surface area contributed by atoms with Gasteiger partial charge in [0.05, 0.1) is 24.4 Å². The van der Waals surface area contributed by atoms with E-state index < -0.39 is 15.4 Å². The number of hydrogen-bond acceptors (Lipinski definition) is 4. The minimum Gasteiger partial charge on any atom is -0.462 e. The van der Waals surface area contributed by atoms with Gasteiger partial charge in [-0.15, -0.1) is 0 Å². The van der Waals surface area contributed by atoms with Crippen LogP contribution in [-0.4, -0.2) is 27.4 Å². The third-order valence-corrected chi connectivity index (χ3v) is 4.98. The molecule has 0 fully saturated rings. The van der Waals surface area contributed by atoms with Crippen LogP contribution in [0.1, 0.15) is 63.0 Å². The molecule has 22 heavy (non-hydrogen) atoms. The molecule has 1 rings (SSSR count). The Kier molecular flexibility index (Phi) is 6.34. The van der Waals surface area contributed by atoms with E-state index in [1.807, 2.05) is 19.9 Å². The summed E-state index contributed by atoms with van der Waals surface area (Å²) in [5, 5.41) is 9.63. The molecule has 0 radical (unpaired) electrons. The number of aliphatic hydroxyl groups excluding tert-OH is 1. The lowest BCUT2D eigenvalue weighted by atomic mass is 9.94. The molecule has 1 aromatic rings. The summed E-state index contributed by atoms with van der Waals surface area (Å²) in [4.78, 5) is 12.0. The number of hydrogen-bond donors (Lipinski definition) is 1. The Labute approximate surface area is 135 Å². The molecule has 0 aliphatic carbocycles. The van der Waals surface area contributed by atoms with E-state index >= 15 is 0 Å². The molecular weight excluding hydrogens is 296 g/mol. The Balaban J connectivity index is 3.11. The zero-order chi connectivity index (χ0) is 17.0. The van der Waals surface area contributed by atoms with Gasteiger partial charge in [0.1, 0.15) is 0 Å². The standard InChI is InChI=1S/C17H28O4Si/c1-7-20-15(19)13-8-12(11-18)9-14(10-13)17(5,6)21-22-16(2,3)4/h8-10,18H,7,11,22H2,1-6H3. The van der Waals surface area contributed by atoms with Gasteiger partial charge in [0.15, 0.2) is 9.76 Å². The van der Waals surface area contributed by atoms with Crippen LogP contribution in [0.3, 0.4) is 0 Å². The second-order valence-corrected chi connectivity index (χ2v) is 9.86. The lowest BCUT2D eigenvalue weighted by Crippen LogP contribution is -2.28. The van der Waals surface area contributed by atoms with Crippen molar-refractivity contribution in [1.29, 1.82) is 0 Å². The van der Waals surface area contributed by atoms with Crippen LogP contribution in [0.2, 0.25) is 5.04 Å². The third kappa shape index (κ3) is 5.55. The number of benzene rings is 1. The van der Waals surface area contributed by atoms with Gasteiger partial charge in [0.25, 0.3) is 0 Å². The number of ether oxygens (including phenoxy) is 1. The first-order valence-corrected chi connectivity index (χ1v) is 8.94. The molecule has 0 heterocycles. The number of carbonyl (C=O) groups is 1. The summed E-state index contributed by atoms with van der Waals surface area (Å²) in [5.74, 6) is -0.372. The van der Waals surface area contributed by atoms with Gasteiger partial charge in [0, 0.05) is 0 Å². The highest BCUT2D eigenvalue weighted by Gasteiger charge is 2.26. The Morgan fingerprint density at radius 1 is 1.18 bits per heavy atom. The van der Waals surface area contributed by atoms with Gasteiger partial charge in [0.2, 0.25) is 0 Å². The molecular formula is C17H28O4Si. The van der Waals surface area contributed by atoms with Crippen molar-refractivity contribution in [2.75, 3.05) is 6.61 Å². The molecule has 4 nitrogen and oxygen atoms in total. The molecule has 1 aromatic carbocycles. The fraction of sp³-hybridized carbons (Fsp3) is 0.588. The van der Waals surface area contributed by atoms with Gasteiger partial charge in [-0.2, -0.15) is 0 Å². The minimum atomic E-state index is -0.737. The molecule has 0 saturated carbocycles. The number of carbonyl (C=O) groups excluding carboxylic acids is 1. The van der Waals surface area contributed by atoms with E-state index in [4.69, 9.17) is 9.16 Å². The Morgan fingerprint density at radius 3 is 2.32 bits per heavy atom. The van der Waals surface area contributed by atoms with E-state index in [-0.39, 0.29) is 17.6 Å². The van der Waals surface area contributed by atoms with Crippen LogP contribution in [0.5, 0.6) is 0 Å². The van der Waals surface area contributed by atoms with Gasteiger partial charge in [-0.25, -0.2) is 4.79 Å². The largest absolute Gasteiger partial charge is 0.462 e. The van der Waals surface area contributed by atoms with Crippen molar-refractivity contribution in [1.82, 2.24) is 0 Å². The maximum absolute atomic E-state index is 12.0. The van der Waals surface area contributed by atoms with Crippen molar-refractivity contribution in [3.63, 3.8) is 0 Å². The summed E-state index contributed by atoms with van der Waals surface area (Å²) in [6.07, 6.45) is 0. The van der Waals surface area contributed by atoms with Crippen LogP contribution in [-0.2, 0) is 21.4 Å². The van der Waals surface area contributed by atoms with Crippen molar-refractivity contribution in [2.24, 2.45) is 0 Å². The SMILES string of the molecule is CCOC(=O)c1cc(CO)cc(C(C)(C)O[SiH2]C(C)(C)C)c1. The predicted molar refractivity (Wildman–Crippen MR) is 90.7 cm³/mol. The summed E-state index contributed by atoms with van der Waals surface area (Å²) in [6, 6.07) is 5.35. The van der Waals surface area contributed by atoms with Crippen LogP contribution in [0.25, 0.3) is 0 Å². The van der Waals surface area contributed by atoms with Crippen LogP contribution in [0, 0.1) is 0 Å². The maximum Gasteiger partial charge on any atom is 0.338 e. The molecule has 0 saturated heterocycles. The average Bonchev–Trinajstić information content (AvgIpc) is 2.44. The molecule has 124 valence electrons. The number of esters is 1. The van der Waals surface area contributed by atoms with Crippen LogP contribution >= 0.6 is 0 Å².